The third-order valence-corrected chi connectivity index (χ3v) is 5.13. The predicted molar refractivity (Wildman–Crippen MR) is 114 cm³/mol. The number of nitrogens with zero attached hydrogens (tertiary/aromatic N) is 2. The second-order valence-electron chi connectivity index (χ2n) is 7.18. The van der Waals surface area contributed by atoms with Crippen molar-refractivity contribution < 1.29 is 0 Å². The summed E-state index contributed by atoms with van der Waals surface area (Å²) in [6.45, 7) is 8.63. The first-order chi connectivity index (χ1) is 12.3. The van der Waals surface area contributed by atoms with Crippen LogP contribution >= 0.6 is 22.9 Å². The summed E-state index contributed by atoms with van der Waals surface area (Å²) >= 11 is 7.46. The largest absolute Gasteiger partial charge is 0.252 e. The molecule has 0 saturated heterocycles. The van der Waals surface area contributed by atoms with Crippen LogP contribution in [0.4, 0.5) is 5.13 Å². The number of rotatable bonds is 4. The van der Waals surface area contributed by atoms with Crippen LogP contribution in [0.15, 0.2) is 59.0 Å². The fourth-order valence-electron chi connectivity index (χ4n) is 2.49. The van der Waals surface area contributed by atoms with E-state index < -0.39 is 0 Å². The number of thiazole rings is 1. The van der Waals surface area contributed by atoms with Crippen LogP contribution in [0.3, 0.4) is 0 Å². The Morgan fingerprint density at radius 3 is 2.31 bits per heavy atom. The molecule has 1 N–H and O–H groups in total. The molecule has 2 aromatic carbocycles. The van der Waals surface area contributed by atoms with Crippen molar-refractivity contribution in [2.24, 2.45) is 5.10 Å². The minimum Gasteiger partial charge on any atom is -0.252 e. The van der Waals surface area contributed by atoms with Gasteiger partial charge in [-0.15, -0.1) is 11.3 Å². The summed E-state index contributed by atoms with van der Waals surface area (Å²) in [4.78, 5) is 4.58. The topological polar surface area (TPSA) is 37.3 Å². The zero-order valence-corrected chi connectivity index (χ0v) is 16.9. The van der Waals surface area contributed by atoms with Crippen LogP contribution in [0.5, 0.6) is 0 Å². The van der Waals surface area contributed by atoms with Gasteiger partial charge < -0.3 is 0 Å². The van der Waals surface area contributed by atoms with E-state index in [0.29, 0.717) is 0 Å². The van der Waals surface area contributed by atoms with E-state index in [0.717, 1.165) is 32.7 Å². The average molecular weight is 384 g/mol. The minimum absolute atomic E-state index is 0.154. The second-order valence-corrected chi connectivity index (χ2v) is 8.48. The van der Waals surface area contributed by atoms with Crippen molar-refractivity contribution in [3.8, 4) is 11.3 Å². The number of aromatic nitrogens is 1. The fourth-order valence-corrected chi connectivity index (χ4v) is 3.27. The van der Waals surface area contributed by atoms with E-state index in [4.69, 9.17) is 11.6 Å². The number of hydrazone groups is 1. The van der Waals surface area contributed by atoms with Gasteiger partial charge in [-0.2, -0.15) is 5.10 Å². The van der Waals surface area contributed by atoms with Crippen molar-refractivity contribution in [3.05, 3.63) is 70.1 Å². The lowest BCUT2D eigenvalue weighted by Crippen LogP contribution is -2.11. The highest BCUT2D eigenvalue weighted by molar-refractivity contribution is 7.14. The second kappa shape index (κ2) is 7.60. The molecule has 3 aromatic rings. The third-order valence-electron chi connectivity index (χ3n) is 4.13. The summed E-state index contributed by atoms with van der Waals surface area (Å²) < 4.78 is 0. The number of nitrogens with one attached hydrogen (secondary N) is 1. The summed E-state index contributed by atoms with van der Waals surface area (Å²) in [5.74, 6) is 0. The van der Waals surface area contributed by atoms with Crippen molar-refractivity contribution in [2.75, 3.05) is 5.43 Å². The fraction of sp³-hybridized carbons (Fsp3) is 0.238. The smallest absolute Gasteiger partial charge is 0.203 e. The van der Waals surface area contributed by atoms with E-state index in [1.807, 2.05) is 36.6 Å². The molecule has 0 aliphatic rings. The van der Waals surface area contributed by atoms with Gasteiger partial charge in [-0.1, -0.05) is 68.8 Å². The lowest BCUT2D eigenvalue weighted by molar-refractivity contribution is 0.590. The molecule has 3 rings (SSSR count). The molecule has 5 heteroatoms. The van der Waals surface area contributed by atoms with Gasteiger partial charge in [-0.05, 0) is 35.6 Å². The lowest BCUT2D eigenvalue weighted by Gasteiger charge is -2.19. The van der Waals surface area contributed by atoms with Crippen LogP contribution < -0.4 is 5.43 Å². The van der Waals surface area contributed by atoms with E-state index in [-0.39, 0.29) is 5.41 Å². The molecule has 26 heavy (non-hydrogen) atoms. The van der Waals surface area contributed by atoms with Gasteiger partial charge in [0, 0.05) is 16.0 Å². The Bertz CT molecular complexity index is 904. The maximum absolute atomic E-state index is 5.93. The molecule has 0 bridgehead atoms. The quantitative estimate of drug-likeness (QED) is 0.407. The summed E-state index contributed by atoms with van der Waals surface area (Å²) in [6, 6.07) is 16.2. The Morgan fingerprint density at radius 1 is 1.04 bits per heavy atom. The first kappa shape index (κ1) is 18.6. The summed E-state index contributed by atoms with van der Waals surface area (Å²) in [5.41, 5.74) is 8.50. The zero-order chi connectivity index (χ0) is 18.7. The average Bonchev–Trinajstić information content (AvgIpc) is 3.08. The van der Waals surface area contributed by atoms with Gasteiger partial charge in [0.25, 0.3) is 0 Å². The van der Waals surface area contributed by atoms with Gasteiger partial charge >= 0.3 is 0 Å². The first-order valence-corrected chi connectivity index (χ1v) is 9.71. The summed E-state index contributed by atoms with van der Waals surface area (Å²) in [5, 5.41) is 7.97. The van der Waals surface area contributed by atoms with Gasteiger partial charge in [0.1, 0.15) is 0 Å². The molecule has 134 valence electrons. The van der Waals surface area contributed by atoms with Crippen molar-refractivity contribution in [3.63, 3.8) is 0 Å². The number of halogens is 1. The van der Waals surface area contributed by atoms with E-state index in [1.54, 1.807) is 0 Å². The highest BCUT2D eigenvalue weighted by Crippen LogP contribution is 2.26. The van der Waals surface area contributed by atoms with Crippen molar-refractivity contribution >= 4 is 33.8 Å². The molecule has 0 unspecified atom stereocenters. The maximum atomic E-state index is 5.93. The Morgan fingerprint density at radius 2 is 1.69 bits per heavy atom. The molecule has 0 aliphatic heterocycles. The third kappa shape index (κ3) is 4.51. The summed E-state index contributed by atoms with van der Waals surface area (Å²) in [7, 11) is 0. The number of anilines is 1. The van der Waals surface area contributed by atoms with Crippen molar-refractivity contribution in [2.45, 2.75) is 33.1 Å². The number of hydrogen-bond acceptors (Lipinski definition) is 4. The van der Waals surface area contributed by atoms with Gasteiger partial charge in [0.2, 0.25) is 5.13 Å². The van der Waals surface area contributed by atoms with E-state index in [2.05, 4.69) is 60.5 Å². The molecule has 0 radical (unpaired) electrons. The molecule has 0 spiro atoms. The number of hydrogen-bond donors (Lipinski definition) is 1. The first-order valence-electron chi connectivity index (χ1n) is 8.45. The van der Waals surface area contributed by atoms with Crippen LogP contribution in [0.2, 0.25) is 5.02 Å². The Kier molecular flexibility index (Phi) is 5.44. The van der Waals surface area contributed by atoms with E-state index >= 15 is 0 Å². The predicted octanol–water partition coefficient (Wildman–Crippen LogP) is 6.60. The van der Waals surface area contributed by atoms with Crippen molar-refractivity contribution in [1.29, 1.82) is 0 Å². The molecule has 0 fully saturated rings. The van der Waals surface area contributed by atoms with Crippen molar-refractivity contribution in [1.82, 2.24) is 4.98 Å². The summed E-state index contributed by atoms with van der Waals surface area (Å²) in [6.07, 6.45) is 0. The molecule has 3 nitrogen and oxygen atoms in total. The molecular weight excluding hydrogens is 362 g/mol. The van der Waals surface area contributed by atoms with Gasteiger partial charge in [-0.3, -0.25) is 5.43 Å². The lowest BCUT2D eigenvalue weighted by atomic mass is 9.86. The molecule has 0 saturated carbocycles. The van der Waals surface area contributed by atoms with Crippen LogP contribution in [-0.4, -0.2) is 10.7 Å². The monoisotopic (exact) mass is 383 g/mol. The SMILES string of the molecule is CC(=NNc1nc(-c2ccc(Cl)cc2)cs1)c1ccc(C(C)(C)C)cc1. The Balaban J connectivity index is 1.70. The highest BCUT2D eigenvalue weighted by atomic mass is 35.5. The Labute approximate surface area is 163 Å². The van der Waals surface area contributed by atoms with Crippen LogP contribution in [-0.2, 0) is 5.41 Å². The molecule has 1 aromatic heterocycles. The maximum Gasteiger partial charge on any atom is 0.203 e. The van der Waals surface area contributed by atoms with Crippen LogP contribution in [0.25, 0.3) is 11.3 Å². The molecule has 0 atom stereocenters. The van der Waals surface area contributed by atoms with E-state index in [9.17, 15) is 0 Å². The van der Waals surface area contributed by atoms with Gasteiger partial charge in [0.15, 0.2) is 0 Å². The Hall–Kier alpha value is -2.17. The number of benzene rings is 2. The zero-order valence-electron chi connectivity index (χ0n) is 15.4. The molecular formula is C21H22ClN3S. The van der Waals surface area contributed by atoms with Gasteiger partial charge in [0.05, 0.1) is 11.4 Å². The normalized spacial score (nSPS) is 12.3. The minimum atomic E-state index is 0.154. The van der Waals surface area contributed by atoms with E-state index in [1.165, 1.54) is 16.9 Å². The molecule has 0 amide bonds. The molecule has 0 aliphatic carbocycles. The van der Waals surface area contributed by atoms with Crippen LogP contribution in [0.1, 0.15) is 38.8 Å². The molecule has 1 heterocycles. The standard InChI is InChI=1S/C21H22ClN3S/c1-14(15-5-9-17(10-6-15)21(2,3)4)24-25-20-23-19(13-26-20)16-7-11-18(22)12-8-16/h5-13H,1-4H3,(H,23,25). The van der Waals surface area contributed by atoms with Gasteiger partial charge in [-0.25, -0.2) is 4.98 Å². The van der Waals surface area contributed by atoms with Crippen LogP contribution in [0, 0.1) is 0 Å². The highest BCUT2D eigenvalue weighted by Gasteiger charge is 2.13.